The molecule has 9 atom stereocenters. The van der Waals surface area contributed by atoms with Crippen LogP contribution in [0.5, 0.6) is 0 Å². The highest BCUT2D eigenvalue weighted by Gasteiger charge is 2.44. The zero-order valence-electron chi connectivity index (χ0n) is 55.6. The van der Waals surface area contributed by atoms with Crippen molar-refractivity contribution < 1.29 is 50.0 Å². The van der Waals surface area contributed by atoms with Gasteiger partial charge >= 0.3 is 0 Å². The highest BCUT2D eigenvalue weighted by atomic mass is 16.7. The van der Waals surface area contributed by atoms with E-state index in [9.17, 15) is 40.5 Å². The number of ether oxygens (including phenoxy) is 2. The number of unbranched alkanes of at least 4 members (excludes halogenated alkanes) is 47. The quantitative estimate of drug-likeness (QED) is 0.0215. The number of rotatable bonds is 65. The summed E-state index contributed by atoms with van der Waals surface area (Å²) in [5.41, 5.74) is 0. The van der Waals surface area contributed by atoms with Gasteiger partial charge in [0.2, 0.25) is 5.91 Å². The summed E-state index contributed by atoms with van der Waals surface area (Å²) < 4.78 is 11.2. The molecule has 0 radical (unpaired) electrons. The molecule has 0 saturated carbocycles. The van der Waals surface area contributed by atoms with E-state index in [2.05, 4.69) is 55.6 Å². The van der Waals surface area contributed by atoms with Crippen molar-refractivity contribution in [1.29, 1.82) is 0 Å². The van der Waals surface area contributed by atoms with Gasteiger partial charge in [-0.2, -0.15) is 0 Å². The van der Waals surface area contributed by atoms with E-state index in [1.165, 1.54) is 270 Å². The predicted molar refractivity (Wildman–Crippen MR) is 358 cm³/mol. The summed E-state index contributed by atoms with van der Waals surface area (Å²) in [4.78, 5) is 13.3. The summed E-state index contributed by atoms with van der Waals surface area (Å²) in [5.74, 6) is -0.706. The monoisotopic (exact) mass is 1200 g/mol. The van der Waals surface area contributed by atoms with E-state index in [4.69, 9.17) is 9.47 Å². The number of amides is 1. The van der Waals surface area contributed by atoms with Crippen molar-refractivity contribution in [3.63, 3.8) is 0 Å². The van der Waals surface area contributed by atoms with Gasteiger partial charge in [0.05, 0.1) is 25.4 Å². The number of aliphatic hydroxyl groups is 7. The Balaban J connectivity index is 2.21. The normalized spacial score (nSPS) is 19.0. The first kappa shape index (κ1) is 81.3. The van der Waals surface area contributed by atoms with Crippen LogP contribution < -0.4 is 5.32 Å². The molecule has 1 aliphatic heterocycles. The molecule has 0 aromatic rings. The van der Waals surface area contributed by atoms with Crippen LogP contribution in [-0.4, -0.2) is 110 Å². The van der Waals surface area contributed by atoms with Crippen molar-refractivity contribution in [3.05, 3.63) is 36.5 Å². The second-order valence-electron chi connectivity index (χ2n) is 26.0. The lowest BCUT2D eigenvalue weighted by Gasteiger charge is -2.40. The van der Waals surface area contributed by atoms with Crippen LogP contribution in [0.15, 0.2) is 36.5 Å². The van der Waals surface area contributed by atoms with Gasteiger partial charge in [-0.25, -0.2) is 0 Å². The third kappa shape index (κ3) is 49.8. The smallest absolute Gasteiger partial charge is 0.249 e. The van der Waals surface area contributed by atoms with Gasteiger partial charge in [-0.3, -0.25) is 4.79 Å². The molecule has 0 bridgehead atoms. The lowest BCUT2D eigenvalue weighted by molar-refractivity contribution is -0.303. The highest BCUT2D eigenvalue weighted by Crippen LogP contribution is 2.24. The maximum atomic E-state index is 13.3. The van der Waals surface area contributed by atoms with Crippen LogP contribution >= 0.6 is 0 Å². The molecule has 1 fully saturated rings. The summed E-state index contributed by atoms with van der Waals surface area (Å²) in [5, 5.41) is 76.5. The molecule has 85 heavy (non-hydrogen) atoms. The zero-order chi connectivity index (χ0) is 61.7. The van der Waals surface area contributed by atoms with Crippen molar-refractivity contribution in [2.75, 3.05) is 13.2 Å². The highest BCUT2D eigenvalue weighted by molar-refractivity contribution is 5.80. The van der Waals surface area contributed by atoms with Gasteiger partial charge in [0.1, 0.15) is 36.6 Å². The summed E-state index contributed by atoms with van der Waals surface area (Å²) >= 11 is 0. The number of aliphatic hydroxyl groups excluding tert-OH is 7. The average Bonchev–Trinajstić information content (AvgIpc) is 3.51. The van der Waals surface area contributed by atoms with Crippen molar-refractivity contribution in [2.45, 2.75) is 416 Å². The number of carbonyl (C=O) groups excluding carboxylic acids is 1. The third-order valence-corrected chi connectivity index (χ3v) is 17.9. The molecule has 1 rings (SSSR count). The van der Waals surface area contributed by atoms with E-state index in [1.54, 1.807) is 0 Å². The third-order valence-electron chi connectivity index (χ3n) is 17.9. The van der Waals surface area contributed by atoms with Crippen LogP contribution in [0.2, 0.25) is 0 Å². The Hall–Kier alpha value is -1.67. The molecule has 1 aliphatic rings. The molecule has 1 heterocycles. The summed E-state index contributed by atoms with van der Waals surface area (Å²) in [6, 6.07) is -1.19. The Morgan fingerprint density at radius 3 is 1.05 bits per heavy atom. The van der Waals surface area contributed by atoms with Gasteiger partial charge in [-0.05, 0) is 64.2 Å². The number of carbonyl (C=O) groups is 1. The first-order chi connectivity index (χ1) is 41.7. The van der Waals surface area contributed by atoms with E-state index >= 15 is 0 Å². The summed E-state index contributed by atoms with van der Waals surface area (Å²) in [6.07, 6.45) is 69.6. The molecule has 1 amide bonds. The lowest BCUT2D eigenvalue weighted by Crippen LogP contribution is -2.60. The van der Waals surface area contributed by atoms with Gasteiger partial charge in [-0.15, -0.1) is 0 Å². The van der Waals surface area contributed by atoms with Gasteiger partial charge in [0.15, 0.2) is 6.29 Å². The standard InChI is InChI=1S/C74H141NO10/c1-3-5-7-9-11-13-15-17-19-21-23-25-27-29-31-32-33-34-35-36-38-39-41-43-45-47-49-51-53-55-57-59-61-66(77)69(79)65(64-84-74-72(82)71(81)70(80)68(63-76)85-74)75-73(83)67(78)62-60-58-56-54-52-50-48-46-44-42-40-37-30-28-26-24-22-20-18-16-14-12-10-8-6-4-2/h38-39,45,47,53,55,65-72,74,76-82H,3-37,40-44,46,48-52,54,56-64H2,1-2H3,(H,75,83)/b39-38+,47-45+,55-53+. The van der Waals surface area contributed by atoms with Crippen LogP contribution in [0, 0.1) is 0 Å². The zero-order valence-corrected chi connectivity index (χ0v) is 55.6. The Kier molecular flexibility index (Phi) is 59.8. The van der Waals surface area contributed by atoms with Crippen molar-refractivity contribution >= 4 is 5.91 Å². The van der Waals surface area contributed by atoms with E-state index in [-0.39, 0.29) is 12.8 Å². The average molecular weight is 1200 g/mol. The fourth-order valence-electron chi connectivity index (χ4n) is 12.0. The Morgan fingerprint density at radius 1 is 0.400 bits per heavy atom. The lowest BCUT2D eigenvalue weighted by atomic mass is 9.98. The minimum atomic E-state index is -1.67. The van der Waals surface area contributed by atoms with Gasteiger partial charge in [0.25, 0.3) is 0 Å². The second kappa shape index (κ2) is 62.5. The predicted octanol–water partition coefficient (Wildman–Crippen LogP) is 18.1. The van der Waals surface area contributed by atoms with Crippen molar-refractivity contribution in [1.82, 2.24) is 5.32 Å². The summed E-state index contributed by atoms with van der Waals surface area (Å²) in [7, 11) is 0. The van der Waals surface area contributed by atoms with Crippen LogP contribution in [-0.2, 0) is 14.3 Å². The molecule has 0 spiro atoms. The van der Waals surface area contributed by atoms with Crippen LogP contribution in [0.3, 0.4) is 0 Å². The van der Waals surface area contributed by atoms with Crippen molar-refractivity contribution in [2.24, 2.45) is 0 Å². The molecule has 1 saturated heterocycles. The molecule has 0 aromatic carbocycles. The van der Waals surface area contributed by atoms with E-state index < -0.39 is 74.2 Å². The van der Waals surface area contributed by atoms with E-state index in [0.717, 1.165) is 44.9 Å². The first-order valence-corrected chi connectivity index (χ1v) is 36.9. The number of allylic oxidation sites excluding steroid dienone is 6. The number of hydrogen-bond donors (Lipinski definition) is 8. The topological polar surface area (TPSA) is 189 Å². The van der Waals surface area contributed by atoms with Crippen molar-refractivity contribution in [3.8, 4) is 0 Å². The maximum absolute atomic E-state index is 13.3. The fraction of sp³-hybridized carbons (Fsp3) is 0.905. The maximum Gasteiger partial charge on any atom is 0.249 e. The molecular weight excluding hydrogens is 1060 g/mol. The minimum Gasteiger partial charge on any atom is -0.394 e. The van der Waals surface area contributed by atoms with Gasteiger partial charge in [0, 0.05) is 0 Å². The minimum absolute atomic E-state index is 0.243. The Bertz CT molecular complexity index is 1480. The molecular formula is C74H141NO10. The van der Waals surface area contributed by atoms with Crippen LogP contribution in [0.25, 0.3) is 0 Å². The second-order valence-corrected chi connectivity index (χ2v) is 26.0. The molecule has 11 nitrogen and oxygen atoms in total. The fourth-order valence-corrected chi connectivity index (χ4v) is 12.0. The number of hydrogen-bond acceptors (Lipinski definition) is 10. The molecule has 8 N–H and O–H groups in total. The Morgan fingerprint density at radius 2 is 0.706 bits per heavy atom. The largest absolute Gasteiger partial charge is 0.394 e. The SMILES string of the molecule is CCCCCCCCCCCCCCCCCCCCC/C=C/CC/C=C/CC/C=C/CCCC(O)C(O)C(COC1OC(CO)C(O)C(O)C1O)NC(=O)C(O)CCCCCCCCCCCCCCCCCCCCCCCCCCCC. The van der Waals surface area contributed by atoms with Crippen LogP contribution in [0.4, 0.5) is 0 Å². The Labute approximate surface area is 524 Å². The van der Waals surface area contributed by atoms with Gasteiger partial charge < -0.3 is 50.5 Å². The molecule has 0 aliphatic carbocycles. The first-order valence-electron chi connectivity index (χ1n) is 36.9. The molecule has 0 aromatic heterocycles. The summed E-state index contributed by atoms with van der Waals surface area (Å²) in [6.45, 7) is 3.50. The van der Waals surface area contributed by atoms with E-state index in [1.807, 2.05) is 0 Å². The number of nitrogens with one attached hydrogen (secondary N) is 1. The molecule has 11 heteroatoms. The van der Waals surface area contributed by atoms with E-state index in [0.29, 0.717) is 19.3 Å². The molecule has 502 valence electrons. The molecule has 9 unspecified atom stereocenters. The van der Waals surface area contributed by atoms with Gasteiger partial charge in [-0.1, -0.05) is 333 Å². The van der Waals surface area contributed by atoms with Crippen LogP contribution in [0.1, 0.15) is 361 Å².